The van der Waals surface area contributed by atoms with E-state index >= 15 is 0 Å². The molecule has 156 valence electrons. The normalized spacial score (nSPS) is 13.9. The Labute approximate surface area is 192 Å². The fourth-order valence-electron chi connectivity index (χ4n) is 5.33. The fourth-order valence-corrected chi connectivity index (χ4v) is 5.33. The van der Waals surface area contributed by atoms with Crippen LogP contribution < -0.4 is 0 Å². The van der Waals surface area contributed by atoms with Crippen LogP contribution in [0.25, 0.3) is 55.0 Å². The van der Waals surface area contributed by atoms with Crippen LogP contribution >= 0.6 is 0 Å². The highest BCUT2D eigenvalue weighted by Crippen LogP contribution is 2.39. The third-order valence-corrected chi connectivity index (χ3v) is 6.74. The lowest BCUT2D eigenvalue weighted by atomic mass is 10.1. The van der Waals surface area contributed by atoms with Crippen molar-refractivity contribution >= 4 is 49.3 Å². The molecule has 2 aromatic heterocycles. The monoisotopic (exact) mass is 422 g/mol. The van der Waals surface area contributed by atoms with Crippen LogP contribution in [0.1, 0.15) is 6.42 Å². The highest BCUT2D eigenvalue weighted by atomic mass is 15.0. The summed E-state index contributed by atoms with van der Waals surface area (Å²) >= 11 is 0. The largest absolute Gasteiger partial charge is 0.313 e. The summed E-state index contributed by atoms with van der Waals surface area (Å²) in [5.74, 6) is 0. The average molecular weight is 423 g/mol. The van der Waals surface area contributed by atoms with E-state index in [0.29, 0.717) is 0 Å². The van der Waals surface area contributed by atoms with E-state index in [1.807, 2.05) is 0 Å². The van der Waals surface area contributed by atoms with Gasteiger partial charge in [-0.15, -0.1) is 0 Å². The molecule has 1 aliphatic rings. The van der Waals surface area contributed by atoms with Crippen LogP contribution in [-0.4, -0.2) is 9.13 Å². The highest BCUT2D eigenvalue weighted by Gasteiger charge is 2.18. The number of allylic oxidation sites excluding steroid dienone is 6. The molecule has 2 heteroatoms. The molecule has 0 aliphatic heterocycles. The number of hydrogen-bond donors (Lipinski definition) is 0. The third-order valence-electron chi connectivity index (χ3n) is 6.74. The van der Waals surface area contributed by atoms with Crippen LogP contribution in [0.15, 0.2) is 121 Å². The molecule has 6 aromatic rings. The molecule has 0 fully saturated rings. The molecule has 4 aromatic carbocycles. The van der Waals surface area contributed by atoms with E-state index in [1.54, 1.807) is 0 Å². The summed E-state index contributed by atoms with van der Waals surface area (Å²) < 4.78 is 4.84. The van der Waals surface area contributed by atoms with Gasteiger partial charge < -0.3 is 9.13 Å². The molecule has 0 amide bonds. The quantitative estimate of drug-likeness (QED) is 0.266. The summed E-state index contributed by atoms with van der Waals surface area (Å²) in [5.41, 5.74) is 7.45. The van der Waals surface area contributed by atoms with E-state index in [1.165, 1.54) is 55.0 Å². The maximum Gasteiger partial charge on any atom is 0.0562 e. The van der Waals surface area contributed by atoms with Gasteiger partial charge in [0.1, 0.15) is 0 Å². The van der Waals surface area contributed by atoms with Gasteiger partial charge >= 0.3 is 0 Å². The first-order chi connectivity index (χ1) is 16.4. The van der Waals surface area contributed by atoms with Crippen molar-refractivity contribution in [2.45, 2.75) is 6.42 Å². The number of nitrogens with zero attached hydrogens (tertiary/aromatic N) is 2. The zero-order chi connectivity index (χ0) is 21.8. The summed E-state index contributed by atoms with van der Waals surface area (Å²) in [6, 6.07) is 33.0. The minimum Gasteiger partial charge on any atom is -0.313 e. The molecule has 0 unspecified atom stereocenters. The molecule has 0 N–H and O–H groups in total. The van der Waals surface area contributed by atoms with Gasteiger partial charge in [-0.1, -0.05) is 78.9 Å². The Kier molecular flexibility index (Phi) is 3.94. The highest BCUT2D eigenvalue weighted by molar-refractivity contribution is 6.19. The Balaban J connectivity index is 1.68. The van der Waals surface area contributed by atoms with Crippen molar-refractivity contribution in [1.82, 2.24) is 9.13 Å². The van der Waals surface area contributed by atoms with Crippen LogP contribution in [0, 0.1) is 0 Å². The lowest BCUT2D eigenvalue weighted by Gasteiger charge is -2.11. The van der Waals surface area contributed by atoms with Gasteiger partial charge in [0.15, 0.2) is 0 Å². The van der Waals surface area contributed by atoms with Crippen molar-refractivity contribution in [2.75, 3.05) is 0 Å². The van der Waals surface area contributed by atoms with Gasteiger partial charge in [0.05, 0.1) is 22.1 Å². The van der Waals surface area contributed by atoms with Crippen LogP contribution in [0.2, 0.25) is 0 Å². The Hall–Kier alpha value is -4.30. The summed E-state index contributed by atoms with van der Waals surface area (Å²) in [4.78, 5) is 0. The van der Waals surface area contributed by atoms with Crippen LogP contribution in [-0.2, 0) is 0 Å². The molecular weight excluding hydrogens is 400 g/mol. The molecule has 7 rings (SSSR count). The van der Waals surface area contributed by atoms with Gasteiger partial charge in [-0.3, -0.25) is 0 Å². The molecule has 33 heavy (non-hydrogen) atoms. The molecule has 2 heterocycles. The zero-order valence-corrected chi connectivity index (χ0v) is 18.1. The second-order valence-electron chi connectivity index (χ2n) is 8.60. The molecule has 0 saturated heterocycles. The smallest absolute Gasteiger partial charge is 0.0562 e. The Morgan fingerprint density at radius 2 is 1.12 bits per heavy atom. The Morgan fingerprint density at radius 1 is 0.485 bits per heavy atom. The van der Waals surface area contributed by atoms with Gasteiger partial charge in [0.2, 0.25) is 0 Å². The topological polar surface area (TPSA) is 9.86 Å². The molecule has 0 spiro atoms. The minimum absolute atomic E-state index is 0.903. The van der Waals surface area contributed by atoms with Gasteiger partial charge in [0.25, 0.3) is 0 Å². The predicted molar refractivity (Wildman–Crippen MR) is 141 cm³/mol. The first-order valence-electron chi connectivity index (χ1n) is 11.4. The molecule has 0 atom stereocenters. The molecule has 1 aliphatic carbocycles. The average Bonchev–Trinajstić information content (AvgIpc) is 3.21. The van der Waals surface area contributed by atoms with Crippen molar-refractivity contribution in [3.8, 4) is 5.69 Å². The first kappa shape index (κ1) is 18.3. The minimum atomic E-state index is 0.903. The number of hydrogen-bond acceptors (Lipinski definition) is 0. The van der Waals surface area contributed by atoms with Gasteiger partial charge in [0, 0.05) is 39.4 Å². The van der Waals surface area contributed by atoms with Crippen LogP contribution in [0.4, 0.5) is 0 Å². The van der Waals surface area contributed by atoms with Crippen molar-refractivity contribution in [1.29, 1.82) is 0 Å². The second-order valence-corrected chi connectivity index (χ2v) is 8.60. The number of aromatic nitrogens is 2. The van der Waals surface area contributed by atoms with E-state index in [0.717, 1.165) is 6.42 Å². The second kappa shape index (κ2) is 7.11. The Morgan fingerprint density at radius 3 is 1.88 bits per heavy atom. The molecule has 0 saturated carbocycles. The van der Waals surface area contributed by atoms with E-state index in [9.17, 15) is 0 Å². The fraction of sp³-hybridized carbons (Fsp3) is 0.0323. The Bertz CT molecular complexity index is 1770. The molecule has 0 bridgehead atoms. The standard InChI is InChI=1S/C31H22N2/c1-2-5-13-22(12-4-1)32-28-18-10-8-16-24(28)26-20-27-25-17-9-11-19-29(25)33(31(27)21-30(26)32)23-14-6-3-7-15-23/h1-12,14-21H,13H2. The van der Waals surface area contributed by atoms with Crippen molar-refractivity contribution < 1.29 is 0 Å². The number of para-hydroxylation sites is 3. The van der Waals surface area contributed by atoms with Gasteiger partial charge in [-0.05, 0) is 42.5 Å². The summed E-state index contributed by atoms with van der Waals surface area (Å²) in [7, 11) is 0. The van der Waals surface area contributed by atoms with Gasteiger partial charge in [-0.2, -0.15) is 0 Å². The summed E-state index contributed by atoms with van der Waals surface area (Å²) in [6.07, 6.45) is 11.7. The predicted octanol–water partition coefficient (Wildman–Crippen LogP) is 8.25. The molecular formula is C31H22N2. The van der Waals surface area contributed by atoms with Crippen molar-refractivity contribution in [3.63, 3.8) is 0 Å². The van der Waals surface area contributed by atoms with E-state index in [2.05, 4.69) is 131 Å². The maximum atomic E-state index is 2.44. The van der Waals surface area contributed by atoms with Crippen molar-refractivity contribution in [2.24, 2.45) is 0 Å². The first-order valence-corrected chi connectivity index (χ1v) is 11.4. The van der Waals surface area contributed by atoms with Crippen LogP contribution in [0.5, 0.6) is 0 Å². The molecule has 0 radical (unpaired) electrons. The number of rotatable bonds is 2. The number of fused-ring (bicyclic) bond motifs is 6. The molecule has 2 nitrogen and oxygen atoms in total. The van der Waals surface area contributed by atoms with E-state index in [4.69, 9.17) is 0 Å². The summed E-state index contributed by atoms with van der Waals surface area (Å²) in [6.45, 7) is 0. The van der Waals surface area contributed by atoms with Gasteiger partial charge in [-0.25, -0.2) is 0 Å². The number of benzene rings is 4. The van der Waals surface area contributed by atoms with Crippen molar-refractivity contribution in [3.05, 3.63) is 121 Å². The zero-order valence-electron chi connectivity index (χ0n) is 18.1. The lowest BCUT2D eigenvalue weighted by molar-refractivity contribution is 1.14. The van der Waals surface area contributed by atoms with E-state index < -0.39 is 0 Å². The maximum absolute atomic E-state index is 2.44. The van der Waals surface area contributed by atoms with E-state index in [-0.39, 0.29) is 0 Å². The van der Waals surface area contributed by atoms with Crippen LogP contribution in [0.3, 0.4) is 0 Å². The third kappa shape index (κ3) is 2.68. The SMILES string of the molecule is C1=CC=C(n2c3ccccc3c3cc4c5ccccc5n(-c5ccccc5)c4cc32)CC=C1. The summed E-state index contributed by atoms with van der Waals surface area (Å²) in [5, 5.41) is 5.17. The lowest BCUT2D eigenvalue weighted by Crippen LogP contribution is -1.97.